The van der Waals surface area contributed by atoms with Gasteiger partial charge in [0, 0.05) is 10.6 Å². The molecular weight excluding hydrogens is 260 g/mol. The molecule has 2 heterocycles. The lowest BCUT2D eigenvalue weighted by molar-refractivity contribution is 0.205. The number of aromatic nitrogens is 2. The number of rotatable bonds is 2. The fraction of sp³-hybridized carbons (Fsp3) is 0.273. The summed E-state index contributed by atoms with van der Waals surface area (Å²) in [5.41, 5.74) is 0. The van der Waals surface area contributed by atoms with Gasteiger partial charge in [-0.2, -0.15) is 4.98 Å². The predicted molar refractivity (Wildman–Crippen MR) is 64.4 cm³/mol. The van der Waals surface area contributed by atoms with Gasteiger partial charge in [-0.15, -0.1) is 23.4 Å². The summed E-state index contributed by atoms with van der Waals surface area (Å²) in [6.45, 7) is 0. The molecule has 0 aliphatic carbocycles. The van der Waals surface area contributed by atoms with Crippen molar-refractivity contribution in [2.24, 2.45) is 0 Å². The zero-order valence-electron chi connectivity index (χ0n) is 8.80. The normalized spacial score (nSPS) is 18.5. The van der Waals surface area contributed by atoms with Crippen molar-refractivity contribution in [3.05, 3.63) is 36.0 Å². The number of thioether (sulfide) groups is 1. The fourth-order valence-corrected chi connectivity index (χ4v) is 2.69. The summed E-state index contributed by atoms with van der Waals surface area (Å²) in [7, 11) is 0. The largest absolute Gasteiger partial charge is 0.480 e. The van der Waals surface area contributed by atoms with E-state index in [9.17, 15) is 0 Å². The summed E-state index contributed by atoms with van der Waals surface area (Å²) in [4.78, 5) is 5.32. The second-order valence-corrected chi connectivity index (χ2v) is 4.87. The third-order valence-electron chi connectivity index (χ3n) is 2.39. The van der Waals surface area contributed by atoms with E-state index < -0.39 is 0 Å². The van der Waals surface area contributed by atoms with Gasteiger partial charge in [-0.25, -0.2) is 0 Å². The Balaban J connectivity index is 1.84. The topological polar surface area (TPSA) is 48.2 Å². The maximum Gasteiger partial charge on any atom is 0.241 e. The highest BCUT2D eigenvalue weighted by molar-refractivity contribution is 7.99. The van der Waals surface area contributed by atoms with E-state index in [4.69, 9.17) is 20.9 Å². The number of nitrogens with zero attached hydrogens (tertiary/aromatic N) is 2. The lowest BCUT2D eigenvalue weighted by Gasteiger charge is -2.22. The van der Waals surface area contributed by atoms with E-state index in [0.717, 1.165) is 16.4 Å². The van der Waals surface area contributed by atoms with Crippen molar-refractivity contribution < 1.29 is 9.26 Å². The number of hydrogen-bond acceptors (Lipinski definition) is 5. The first-order chi connectivity index (χ1) is 8.36. The van der Waals surface area contributed by atoms with Crippen LogP contribution in [0.1, 0.15) is 17.8 Å². The molecule has 3 rings (SSSR count). The van der Waals surface area contributed by atoms with Gasteiger partial charge in [0.05, 0.1) is 0 Å². The summed E-state index contributed by atoms with van der Waals surface area (Å²) < 4.78 is 10.8. The molecule has 1 aromatic carbocycles. The molecule has 17 heavy (non-hydrogen) atoms. The van der Waals surface area contributed by atoms with Gasteiger partial charge in [0.2, 0.25) is 11.7 Å². The van der Waals surface area contributed by atoms with Gasteiger partial charge >= 0.3 is 0 Å². The Labute approximate surface area is 107 Å². The van der Waals surface area contributed by atoms with Crippen LogP contribution in [0.15, 0.2) is 33.7 Å². The first-order valence-corrected chi connectivity index (χ1v) is 6.66. The maximum atomic E-state index is 5.83. The minimum atomic E-state index is -0.171. The van der Waals surface area contributed by atoms with Crippen LogP contribution in [0.2, 0.25) is 0 Å². The van der Waals surface area contributed by atoms with Gasteiger partial charge in [-0.05, 0) is 12.1 Å². The van der Waals surface area contributed by atoms with Gasteiger partial charge < -0.3 is 9.26 Å². The fourth-order valence-electron chi connectivity index (χ4n) is 1.60. The van der Waals surface area contributed by atoms with Crippen molar-refractivity contribution in [1.29, 1.82) is 0 Å². The molecule has 2 aromatic rings. The third-order valence-corrected chi connectivity index (χ3v) is 3.74. The molecule has 0 saturated carbocycles. The van der Waals surface area contributed by atoms with E-state index in [2.05, 4.69) is 10.1 Å². The van der Waals surface area contributed by atoms with Crippen LogP contribution in [0.25, 0.3) is 0 Å². The van der Waals surface area contributed by atoms with E-state index in [0.29, 0.717) is 11.7 Å². The quantitative estimate of drug-likeness (QED) is 0.784. The third kappa shape index (κ3) is 2.12. The zero-order chi connectivity index (χ0) is 11.7. The summed E-state index contributed by atoms with van der Waals surface area (Å²) in [6, 6.07) is 7.92. The minimum Gasteiger partial charge on any atom is -0.480 e. The van der Waals surface area contributed by atoms with Crippen molar-refractivity contribution in [3.8, 4) is 5.75 Å². The second kappa shape index (κ2) is 4.58. The molecule has 0 bridgehead atoms. The smallest absolute Gasteiger partial charge is 0.241 e. The molecular formula is C11H9ClN2O2S. The standard InChI is InChI=1S/C11H9ClN2O2S/c12-5-10-13-11(14-16-10)8-6-17-9-4-2-1-3-7(9)15-8/h1-4,8H,5-6H2. The van der Waals surface area contributed by atoms with Crippen LogP contribution in [0.4, 0.5) is 0 Å². The Morgan fingerprint density at radius 1 is 1.41 bits per heavy atom. The van der Waals surface area contributed by atoms with Gasteiger partial charge in [-0.1, -0.05) is 17.3 Å². The Hall–Kier alpha value is -1.20. The molecule has 0 N–H and O–H groups in total. The molecule has 1 aliphatic rings. The maximum absolute atomic E-state index is 5.83. The van der Waals surface area contributed by atoms with E-state index in [1.165, 1.54) is 0 Å². The van der Waals surface area contributed by atoms with Gasteiger partial charge in [0.15, 0.2) is 6.10 Å². The van der Waals surface area contributed by atoms with Crippen LogP contribution in [-0.4, -0.2) is 15.9 Å². The molecule has 88 valence electrons. The summed E-state index contributed by atoms with van der Waals surface area (Å²) in [5.74, 6) is 2.85. The number of halogens is 1. The molecule has 6 heteroatoms. The molecule has 1 atom stereocenters. The zero-order valence-corrected chi connectivity index (χ0v) is 10.4. The molecule has 0 spiro atoms. The SMILES string of the molecule is ClCc1nc(C2CSc3ccccc3O2)no1. The van der Waals surface area contributed by atoms with E-state index in [-0.39, 0.29) is 12.0 Å². The molecule has 0 saturated heterocycles. The number of benzene rings is 1. The average Bonchev–Trinajstić information content (AvgIpc) is 2.87. The lowest BCUT2D eigenvalue weighted by Crippen LogP contribution is -2.16. The van der Waals surface area contributed by atoms with Crippen LogP contribution in [0.5, 0.6) is 5.75 Å². The first kappa shape index (κ1) is 10.9. The van der Waals surface area contributed by atoms with Crippen LogP contribution in [0.3, 0.4) is 0 Å². The number of fused-ring (bicyclic) bond motifs is 1. The van der Waals surface area contributed by atoms with E-state index in [1.807, 2.05) is 24.3 Å². The number of para-hydroxylation sites is 1. The van der Waals surface area contributed by atoms with Gasteiger partial charge in [0.1, 0.15) is 11.6 Å². The molecule has 0 radical (unpaired) electrons. The van der Waals surface area contributed by atoms with Crippen LogP contribution in [-0.2, 0) is 5.88 Å². The molecule has 0 fully saturated rings. The Bertz CT molecular complexity index is 532. The highest BCUT2D eigenvalue weighted by Crippen LogP contribution is 2.39. The summed E-state index contributed by atoms with van der Waals surface area (Å²) in [6.07, 6.45) is -0.171. The first-order valence-electron chi connectivity index (χ1n) is 5.14. The van der Waals surface area contributed by atoms with Crippen LogP contribution < -0.4 is 4.74 Å². The Kier molecular flexibility index (Phi) is 2.94. The summed E-state index contributed by atoms with van der Waals surface area (Å²) >= 11 is 7.35. The van der Waals surface area contributed by atoms with Crippen LogP contribution in [0, 0.1) is 0 Å². The van der Waals surface area contributed by atoms with Crippen molar-refractivity contribution in [2.75, 3.05) is 5.75 Å². The monoisotopic (exact) mass is 268 g/mol. The van der Waals surface area contributed by atoms with Crippen molar-refractivity contribution in [2.45, 2.75) is 16.9 Å². The number of hydrogen-bond donors (Lipinski definition) is 0. The number of ether oxygens (including phenoxy) is 1. The average molecular weight is 269 g/mol. The van der Waals surface area contributed by atoms with Crippen LogP contribution >= 0.6 is 23.4 Å². The van der Waals surface area contributed by atoms with Crippen molar-refractivity contribution in [3.63, 3.8) is 0 Å². The number of alkyl halides is 1. The Morgan fingerprint density at radius 3 is 3.12 bits per heavy atom. The van der Waals surface area contributed by atoms with Gasteiger partial charge in [-0.3, -0.25) is 0 Å². The summed E-state index contributed by atoms with van der Waals surface area (Å²) in [5, 5.41) is 3.87. The predicted octanol–water partition coefficient (Wildman–Crippen LogP) is 3.03. The van der Waals surface area contributed by atoms with Gasteiger partial charge in [0.25, 0.3) is 0 Å². The molecule has 1 aromatic heterocycles. The Morgan fingerprint density at radius 2 is 2.29 bits per heavy atom. The molecule has 0 amide bonds. The highest BCUT2D eigenvalue weighted by atomic mass is 35.5. The van der Waals surface area contributed by atoms with E-state index >= 15 is 0 Å². The highest BCUT2D eigenvalue weighted by Gasteiger charge is 2.25. The molecule has 1 aliphatic heterocycles. The van der Waals surface area contributed by atoms with Crippen molar-refractivity contribution in [1.82, 2.24) is 10.1 Å². The minimum absolute atomic E-state index is 0.171. The second-order valence-electron chi connectivity index (χ2n) is 3.54. The van der Waals surface area contributed by atoms with E-state index in [1.54, 1.807) is 11.8 Å². The molecule has 1 unspecified atom stereocenters. The molecule has 4 nitrogen and oxygen atoms in total. The lowest BCUT2D eigenvalue weighted by atomic mass is 10.3. The van der Waals surface area contributed by atoms with Crippen molar-refractivity contribution >= 4 is 23.4 Å².